The average Bonchev–Trinajstić information content (AvgIpc) is 3.39. The lowest BCUT2D eigenvalue weighted by Crippen LogP contribution is -2.31. The van der Waals surface area contributed by atoms with Gasteiger partial charge in [0.1, 0.15) is 23.2 Å². The molecule has 4 rings (SSSR count). The molecule has 0 radical (unpaired) electrons. The van der Waals surface area contributed by atoms with Gasteiger partial charge < -0.3 is 34.7 Å². The van der Waals surface area contributed by atoms with Crippen molar-refractivity contribution in [3.05, 3.63) is 65.4 Å². The highest BCUT2D eigenvalue weighted by Gasteiger charge is 2.27. The number of ether oxygens (including phenoxy) is 4. The maximum Gasteiger partial charge on any atom is 0.347 e. The standard InChI is InChI=1S/C30H33F2N5O6/c1-5-40-30(39)24(12-16(2)3)41-18-7-9-22(19(14-18)28-35-10-11-37(28)4)42-26-20(31)15-36-29(25(26)32)43-23-13-17(27(33)34)6-8-21(23)38/h6-9,13-16,24,38H,5,10-12H2,1-4H3,(H3,33,34). The summed E-state index contributed by atoms with van der Waals surface area (Å²) in [6.07, 6.45) is 0.260. The van der Waals surface area contributed by atoms with Crippen LogP contribution in [-0.4, -0.2) is 65.5 Å². The van der Waals surface area contributed by atoms with E-state index in [-0.39, 0.29) is 41.2 Å². The van der Waals surface area contributed by atoms with Gasteiger partial charge in [-0.2, -0.15) is 4.39 Å². The normalized spacial score (nSPS) is 13.5. The number of hydrogen-bond donors (Lipinski definition) is 3. The zero-order valence-electron chi connectivity index (χ0n) is 24.2. The van der Waals surface area contributed by atoms with E-state index in [4.69, 9.17) is 30.1 Å². The van der Waals surface area contributed by atoms with Crippen molar-refractivity contribution >= 4 is 17.6 Å². The number of carbonyl (C=O) groups is 1. The highest BCUT2D eigenvalue weighted by atomic mass is 19.1. The van der Waals surface area contributed by atoms with Gasteiger partial charge in [0.05, 0.1) is 24.9 Å². The summed E-state index contributed by atoms with van der Waals surface area (Å²) in [5.74, 6) is -4.33. The van der Waals surface area contributed by atoms with Gasteiger partial charge in [-0.05, 0) is 55.7 Å². The molecule has 4 N–H and O–H groups in total. The molecule has 0 spiro atoms. The minimum absolute atomic E-state index is 0.0489. The highest BCUT2D eigenvalue weighted by molar-refractivity contribution is 6.02. The fourth-order valence-electron chi connectivity index (χ4n) is 4.26. The molecule has 2 heterocycles. The van der Waals surface area contributed by atoms with Crippen LogP contribution in [0.15, 0.2) is 47.6 Å². The number of nitrogens with zero attached hydrogens (tertiary/aromatic N) is 3. The molecule has 0 aliphatic carbocycles. The van der Waals surface area contributed by atoms with Crippen molar-refractivity contribution in [2.45, 2.75) is 33.3 Å². The van der Waals surface area contributed by atoms with Gasteiger partial charge in [-0.1, -0.05) is 13.8 Å². The molecular weight excluding hydrogens is 564 g/mol. The van der Waals surface area contributed by atoms with E-state index in [1.807, 2.05) is 25.8 Å². The molecule has 3 aromatic rings. The Balaban J connectivity index is 1.70. The molecule has 0 bridgehead atoms. The van der Waals surface area contributed by atoms with Gasteiger partial charge in [0.15, 0.2) is 23.4 Å². The number of carbonyl (C=O) groups excluding carboxylic acids is 1. The molecular formula is C30H33F2N5O6. The van der Waals surface area contributed by atoms with Crippen molar-refractivity contribution < 1.29 is 37.6 Å². The van der Waals surface area contributed by atoms with E-state index < -0.39 is 35.3 Å². The van der Waals surface area contributed by atoms with Crippen LogP contribution in [0.4, 0.5) is 8.78 Å². The first-order valence-electron chi connectivity index (χ1n) is 13.6. The van der Waals surface area contributed by atoms with Gasteiger partial charge >= 0.3 is 5.97 Å². The monoisotopic (exact) mass is 597 g/mol. The second-order valence-electron chi connectivity index (χ2n) is 10.1. The van der Waals surface area contributed by atoms with E-state index in [0.29, 0.717) is 42.9 Å². The van der Waals surface area contributed by atoms with Gasteiger partial charge in [0.25, 0.3) is 5.88 Å². The van der Waals surface area contributed by atoms with E-state index in [2.05, 4.69) is 9.98 Å². The second kappa shape index (κ2) is 13.4. The van der Waals surface area contributed by atoms with Crippen molar-refractivity contribution in [1.82, 2.24) is 9.88 Å². The van der Waals surface area contributed by atoms with E-state index in [0.717, 1.165) is 0 Å². The number of nitrogen functional groups attached to an aromatic ring is 1. The molecule has 0 saturated heterocycles. The smallest absolute Gasteiger partial charge is 0.347 e. The first-order chi connectivity index (χ1) is 20.5. The fourth-order valence-corrected chi connectivity index (χ4v) is 4.26. The second-order valence-corrected chi connectivity index (χ2v) is 10.1. The summed E-state index contributed by atoms with van der Waals surface area (Å²) in [7, 11) is 1.81. The molecule has 1 unspecified atom stereocenters. The third-order valence-corrected chi connectivity index (χ3v) is 6.35. The number of aliphatic imine (C=N–C) groups is 1. The Morgan fingerprint density at radius 1 is 1.16 bits per heavy atom. The largest absolute Gasteiger partial charge is 0.504 e. The quantitative estimate of drug-likeness (QED) is 0.149. The number of aromatic nitrogens is 1. The van der Waals surface area contributed by atoms with Crippen LogP contribution < -0.4 is 19.9 Å². The maximum atomic E-state index is 15.6. The SMILES string of the molecule is CCOC(=O)C(CC(C)C)Oc1ccc(Oc2c(F)cnc(Oc3cc(C(=N)N)ccc3O)c2F)c(C2=NCCN2C)c1. The highest BCUT2D eigenvalue weighted by Crippen LogP contribution is 2.38. The number of amidine groups is 2. The number of likely N-dealkylation sites (N-methyl/N-ethyl adjacent to an activating group) is 1. The van der Waals surface area contributed by atoms with Gasteiger partial charge in [0, 0.05) is 19.2 Å². The molecule has 1 atom stereocenters. The Kier molecular flexibility index (Phi) is 9.63. The Hall–Kier alpha value is -4.94. The molecule has 228 valence electrons. The molecule has 1 aliphatic heterocycles. The van der Waals surface area contributed by atoms with Crippen LogP contribution in [0.3, 0.4) is 0 Å². The lowest BCUT2D eigenvalue weighted by Gasteiger charge is -2.22. The molecule has 13 heteroatoms. The Morgan fingerprint density at radius 2 is 1.93 bits per heavy atom. The number of nitrogens with one attached hydrogen (secondary N) is 1. The number of hydrogen-bond acceptors (Lipinski definition) is 10. The van der Waals surface area contributed by atoms with Crippen LogP contribution in [-0.2, 0) is 9.53 Å². The molecule has 0 amide bonds. The summed E-state index contributed by atoms with van der Waals surface area (Å²) in [6.45, 7) is 6.93. The molecule has 1 aliphatic rings. The first kappa shape index (κ1) is 31.0. The molecule has 43 heavy (non-hydrogen) atoms. The number of benzene rings is 2. The van der Waals surface area contributed by atoms with Gasteiger partial charge in [-0.25, -0.2) is 14.2 Å². The molecule has 0 saturated carbocycles. The zero-order chi connectivity index (χ0) is 31.3. The Morgan fingerprint density at radius 3 is 2.58 bits per heavy atom. The van der Waals surface area contributed by atoms with Crippen molar-refractivity contribution in [2.75, 3.05) is 26.7 Å². The summed E-state index contributed by atoms with van der Waals surface area (Å²) in [5.41, 5.74) is 6.07. The van der Waals surface area contributed by atoms with Crippen LogP contribution in [0, 0.1) is 23.0 Å². The zero-order valence-corrected chi connectivity index (χ0v) is 24.2. The Labute approximate surface area is 247 Å². The van der Waals surface area contributed by atoms with Crippen LogP contribution in [0.25, 0.3) is 0 Å². The number of nitrogens with two attached hydrogens (primary N) is 1. The third kappa shape index (κ3) is 7.29. The van der Waals surface area contributed by atoms with Gasteiger partial charge in [0.2, 0.25) is 11.6 Å². The summed E-state index contributed by atoms with van der Waals surface area (Å²) in [5, 5.41) is 17.7. The van der Waals surface area contributed by atoms with Crippen LogP contribution in [0.1, 0.15) is 38.3 Å². The predicted molar refractivity (Wildman–Crippen MR) is 154 cm³/mol. The maximum absolute atomic E-state index is 15.6. The summed E-state index contributed by atoms with van der Waals surface area (Å²) < 4.78 is 52.9. The predicted octanol–water partition coefficient (Wildman–Crippen LogP) is 4.98. The van der Waals surface area contributed by atoms with Crippen molar-refractivity contribution in [3.63, 3.8) is 0 Å². The van der Waals surface area contributed by atoms with Gasteiger partial charge in [-0.15, -0.1) is 0 Å². The van der Waals surface area contributed by atoms with Gasteiger partial charge in [-0.3, -0.25) is 10.4 Å². The Bertz CT molecular complexity index is 1550. The number of esters is 1. The molecule has 11 nitrogen and oxygen atoms in total. The summed E-state index contributed by atoms with van der Waals surface area (Å²) in [4.78, 5) is 22.6. The topological polar surface area (TPSA) is 153 Å². The number of rotatable bonds is 12. The van der Waals surface area contributed by atoms with E-state index in [9.17, 15) is 14.3 Å². The van der Waals surface area contributed by atoms with E-state index >= 15 is 4.39 Å². The first-order valence-corrected chi connectivity index (χ1v) is 13.6. The number of halogens is 2. The molecule has 0 fully saturated rings. The number of phenols is 1. The number of pyridine rings is 1. The fraction of sp³-hybridized carbons (Fsp3) is 0.333. The van der Waals surface area contributed by atoms with Crippen molar-refractivity contribution in [3.8, 4) is 34.6 Å². The van der Waals surface area contributed by atoms with E-state index in [1.54, 1.807) is 13.0 Å². The van der Waals surface area contributed by atoms with E-state index in [1.165, 1.54) is 30.3 Å². The van der Waals surface area contributed by atoms with Crippen LogP contribution >= 0.6 is 0 Å². The average molecular weight is 598 g/mol. The summed E-state index contributed by atoms with van der Waals surface area (Å²) in [6, 6.07) is 8.37. The van der Waals surface area contributed by atoms with Crippen molar-refractivity contribution in [1.29, 1.82) is 5.41 Å². The van der Waals surface area contributed by atoms with Crippen molar-refractivity contribution in [2.24, 2.45) is 16.6 Å². The number of aromatic hydroxyl groups is 1. The minimum Gasteiger partial charge on any atom is -0.504 e. The lowest BCUT2D eigenvalue weighted by molar-refractivity contribution is -0.152. The van der Waals surface area contributed by atoms with Crippen LogP contribution in [0.2, 0.25) is 0 Å². The minimum atomic E-state index is -1.28. The molecule has 1 aromatic heterocycles. The molecule has 2 aromatic carbocycles. The summed E-state index contributed by atoms with van der Waals surface area (Å²) >= 11 is 0. The van der Waals surface area contributed by atoms with Crippen LogP contribution in [0.5, 0.6) is 34.6 Å². The number of phenolic OH excluding ortho intramolecular Hbond substituents is 1. The third-order valence-electron chi connectivity index (χ3n) is 6.35. The lowest BCUT2D eigenvalue weighted by atomic mass is 10.1.